The molecule has 3 nitrogen and oxygen atoms in total. The van der Waals surface area contributed by atoms with Crippen molar-refractivity contribution in [2.24, 2.45) is 0 Å². The second-order valence-electron chi connectivity index (χ2n) is 3.96. The Kier molecular flexibility index (Phi) is 3.14. The number of H-pyrrole nitrogens is 1. The first-order valence-electron chi connectivity index (χ1n) is 5.37. The molecule has 1 amide bonds. The number of nitrogens with zero attached hydrogens (tertiary/aromatic N) is 1. The van der Waals surface area contributed by atoms with E-state index in [0.29, 0.717) is 11.7 Å². The zero-order valence-electron chi connectivity index (χ0n) is 8.79. The third-order valence-corrected chi connectivity index (χ3v) is 3.05. The molecule has 0 bridgehead atoms. The molecule has 1 aliphatic carbocycles. The predicted octanol–water partition coefficient (Wildman–Crippen LogP) is 2.79. The van der Waals surface area contributed by atoms with Crippen molar-refractivity contribution in [1.82, 2.24) is 9.88 Å². The average Bonchev–Trinajstić information content (AvgIpc) is 2.96. The van der Waals surface area contributed by atoms with Crippen LogP contribution in [0.3, 0.4) is 0 Å². The van der Waals surface area contributed by atoms with E-state index in [-0.39, 0.29) is 5.91 Å². The zero-order chi connectivity index (χ0) is 10.8. The molecule has 1 saturated carbocycles. The molecule has 4 heteroatoms. The van der Waals surface area contributed by atoms with Gasteiger partial charge in [0.25, 0.3) is 5.91 Å². The molecule has 0 saturated heterocycles. The fourth-order valence-electron chi connectivity index (χ4n) is 1.72. The van der Waals surface area contributed by atoms with Crippen molar-refractivity contribution in [2.45, 2.75) is 32.2 Å². The number of carbonyl (C=O) groups excluding carboxylic acids is 1. The molecule has 0 aliphatic heterocycles. The van der Waals surface area contributed by atoms with E-state index >= 15 is 0 Å². The molecule has 1 aliphatic rings. The van der Waals surface area contributed by atoms with Gasteiger partial charge < -0.3 is 9.88 Å². The van der Waals surface area contributed by atoms with Crippen molar-refractivity contribution >= 4 is 21.8 Å². The van der Waals surface area contributed by atoms with Gasteiger partial charge in [0.1, 0.15) is 5.69 Å². The highest BCUT2D eigenvalue weighted by molar-refractivity contribution is 9.10. The van der Waals surface area contributed by atoms with Crippen LogP contribution in [0.25, 0.3) is 0 Å². The van der Waals surface area contributed by atoms with Crippen LogP contribution in [0.1, 0.15) is 36.7 Å². The van der Waals surface area contributed by atoms with E-state index in [2.05, 4.69) is 27.8 Å². The molecule has 0 radical (unpaired) electrons. The van der Waals surface area contributed by atoms with Crippen LogP contribution in [0.4, 0.5) is 0 Å². The van der Waals surface area contributed by atoms with Crippen molar-refractivity contribution in [3.8, 4) is 0 Å². The smallest absolute Gasteiger partial charge is 0.270 e. The summed E-state index contributed by atoms with van der Waals surface area (Å²) in [6, 6.07) is 2.33. The van der Waals surface area contributed by atoms with Crippen molar-refractivity contribution in [3.05, 3.63) is 22.4 Å². The van der Waals surface area contributed by atoms with Gasteiger partial charge in [0.05, 0.1) is 0 Å². The van der Waals surface area contributed by atoms with Gasteiger partial charge in [0, 0.05) is 23.3 Å². The van der Waals surface area contributed by atoms with E-state index in [4.69, 9.17) is 0 Å². The van der Waals surface area contributed by atoms with Gasteiger partial charge in [-0.25, -0.2) is 0 Å². The maximum atomic E-state index is 12.1. The molecule has 1 aromatic heterocycles. The molecular formula is C11H15BrN2O. The molecule has 1 aromatic rings. The summed E-state index contributed by atoms with van der Waals surface area (Å²) >= 11 is 3.34. The van der Waals surface area contributed by atoms with Gasteiger partial charge in [0.15, 0.2) is 0 Å². The van der Waals surface area contributed by atoms with Crippen LogP contribution in [0.5, 0.6) is 0 Å². The van der Waals surface area contributed by atoms with Crippen molar-refractivity contribution in [2.75, 3.05) is 6.54 Å². The number of aromatic amines is 1. The summed E-state index contributed by atoms with van der Waals surface area (Å²) in [5.74, 6) is 0.130. The highest BCUT2D eigenvalue weighted by Crippen LogP contribution is 2.28. The molecular weight excluding hydrogens is 256 g/mol. The number of hydrogen-bond acceptors (Lipinski definition) is 1. The summed E-state index contributed by atoms with van der Waals surface area (Å²) in [6.45, 7) is 2.97. The Morgan fingerprint density at radius 1 is 1.67 bits per heavy atom. The maximum absolute atomic E-state index is 12.1. The average molecular weight is 271 g/mol. The second-order valence-corrected chi connectivity index (χ2v) is 4.88. The minimum absolute atomic E-state index is 0.130. The highest BCUT2D eigenvalue weighted by Gasteiger charge is 2.32. The SMILES string of the molecule is CCCN(C(=O)c1cc(Br)c[nH]1)C1CC1. The Bertz CT molecular complexity index is 357. The second kappa shape index (κ2) is 4.39. The number of carbonyl (C=O) groups is 1. The lowest BCUT2D eigenvalue weighted by atomic mass is 10.3. The van der Waals surface area contributed by atoms with Crippen molar-refractivity contribution < 1.29 is 4.79 Å². The minimum atomic E-state index is 0.130. The topological polar surface area (TPSA) is 36.1 Å². The van der Waals surface area contributed by atoms with Gasteiger partial charge in [0.2, 0.25) is 0 Å². The molecule has 1 heterocycles. The van der Waals surface area contributed by atoms with Crippen LogP contribution >= 0.6 is 15.9 Å². The monoisotopic (exact) mass is 270 g/mol. The molecule has 15 heavy (non-hydrogen) atoms. The van der Waals surface area contributed by atoms with Gasteiger partial charge in [-0.15, -0.1) is 0 Å². The highest BCUT2D eigenvalue weighted by atomic mass is 79.9. The lowest BCUT2D eigenvalue weighted by molar-refractivity contribution is 0.0738. The summed E-state index contributed by atoms with van der Waals surface area (Å²) < 4.78 is 0.929. The van der Waals surface area contributed by atoms with Crippen LogP contribution < -0.4 is 0 Å². The molecule has 82 valence electrons. The van der Waals surface area contributed by atoms with E-state index < -0.39 is 0 Å². The summed E-state index contributed by atoms with van der Waals surface area (Å²) in [5.41, 5.74) is 0.683. The number of amides is 1. The van der Waals surface area contributed by atoms with Crippen LogP contribution in [0.15, 0.2) is 16.7 Å². The Labute approximate surface area is 98.0 Å². The van der Waals surface area contributed by atoms with Crippen LogP contribution in [0.2, 0.25) is 0 Å². The third-order valence-electron chi connectivity index (χ3n) is 2.59. The van der Waals surface area contributed by atoms with Crippen molar-refractivity contribution in [3.63, 3.8) is 0 Å². The van der Waals surface area contributed by atoms with Crippen LogP contribution in [-0.4, -0.2) is 28.4 Å². The van der Waals surface area contributed by atoms with E-state index in [9.17, 15) is 4.79 Å². The number of aromatic nitrogens is 1. The summed E-state index contributed by atoms with van der Waals surface area (Å²) in [6.07, 6.45) is 5.13. The van der Waals surface area contributed by atoms with Crippen molar-refractivity contribution in [1.29, 1.82) is 0 Å². The first-order chi connectivity index (χ1) is 7.22. The number of hydrogen-bond donors (Lipinski definition) is 1. The maximum Gasteiger partial charge on any atom is 0.270 e. The predicted molar refractivity (Wildman–Crippen MR) is 62.8 cm³/mol. The lowest BCUT2D eigenvalue weighted by Crippen LogP contribution is -2.33. The largest absolute Gasteiger partial charge is 0.356 e. The standard InChI is InChI=1S/C11H15BrN2O/c1-2-5-14(9-3-4-9)11(15)10-6-8(12)7-13-10/h6-7,9,13H,2-5H2,1H3. The molecule has 2 rings (SSSR count). The fourth-order valence-corrected chi connectivity index (χ4v) is 2.07. The van der Waals surface area contributed by atoms with Gasteiger partial charge in [-0.2, -0.15) is 0 Å². The number of halogens is 1. The zero-order valence-corrected chi connectivity index (χ0v) is 10.4. The number of rotatable bonds is 4. The lowest BCUT2D eigenvalue weighted by Gasteiger charge is -2.20. The fraction of sp³-hybridized carbons (Fsp3) is 0.545. The van der Waals surface area contributed by atoms with Gasteiger partial charge >= 0.3 is 0 Å². The van der Waals surface area contributed by atoms with Gasteiger partial charge in [-0.1, -0.05) is 6.92 Å². The first kappa shape index (κ1) is 10.7. The summed E-state index contributed by atoms with van der Waals surface area (Å²) in [7, 11) is 0. The molecule has 0 aromatic carbocycles. The molecule has 0 spiro atoms. The van der Waals surface area contributed by atoms with E-state index in [0.717, 1.165) is 30.3 Å². The minimum Gasteiger partial charge on any atom is -0.356 e. The van der Waals surface area contributed by atoms with Crippen LogP contribution in [0, 0.1) is 0 Å². The molecule has 0 atom stereocenters. The summed E-state index contributed by atoms with van der Waals surface area (Å²) in [5, 5.41) is 0. The normalized spacial score (nSPS) is 15.3. The molecule has 0 unspecified atom stereocenters. The van der Waals surface area contributed by atoms with E-state index in [1.54, 1.807) is 6.20 Å². The Balaban J connectivity index is 2.10. The van der Waals surface area contributed by atoms with E-state index in [1.165, 1.54) is 0 Å². The number of nitrogens with one attached hydrogen (secondary N) is 1. The molecule has 1 fully saturated rings. The Morgan fingerprint density at radius 3 is 2.87 bits per heavy atom. The van der Waals surface area contributed by atoms with E-state index in [1.807, 2.05) is 11.0 Å². The third kappa shape index (κ3) is 2.43. The summed E-state index contributed by atoms with van der Waals surface area (Å²) in [4.78, 5) is 17.1. The first-order valence-corrected chi connectivity index (χ1v) is 6.16. The van der Waals surface area contributed by atoms with Crippen LogP contribution in [-0.2, 0) is 0 Å². The molecule has 1 N–H and O–H groups in total. The van der Waals surface area contributed by atoms with Gasteiger partial charge in [-0.05, 0) is 41.3 Å². The van der Waals surface area contributed by atoms with Gasteiger partial charge in [-0.3, -0.25) is 4.79 Å². The Morgan fingerprint density at radius 2 is 2.40 bits per heavy atom. The Hall–Kier alpha value is -0.770. The quantitative estimate of drug-likeness (QED) is 0.898.